The summed E-state index contributed by atoms with van der Waals surface area (Å²) >= 11 is 7.26. The van der Waals surface area contributed by atoms with Gasteiger partial charge in [-0.3, -0.25) is 5.32 Å². The second-order valence-corrected chi connectivity index (χ2v) is 5.62. The highest BCUT2D eigenvalue weighted by atomic mass is 35.5. The fraction of sp³-hybridized carbons (Fsp3) is 0.231. The molecule has 6 heteroatoms. The number of benzene rings is 1. The number of rotatable bonds is 3. The lowest BCUT2D eigenvalue weighted by Crippen LogP contribution is -2.19. The first-order valence-electron chi connectivity index (χ1n) is 5.83. The van der Waals surface area contributed by atoms with Crippen molar-refractivity contribution < 1.29 is 4.79 Å². The van der Waals surface area contributed by atoms with Crippen LogP contribution in [0.25, 0.3) is 0 Å². The first kappa shape index (κ1) is 13.8. The van der Waals surface area contributed by atoms with Crippen LogP contribution in [-0.4, -0.2) is 11.0 Å². The third kappa shape index (κ3) is 3.94. The summed E-state index contributed by atoms with van der Waals surface area (Å²) in [6.45, 7) is 4.12. The molecule has 0 spiro atoms. The Balaban J connectivity index is 1.97. The largest absolute Gasteiger partial charge is 0.325 e. The average Bonchev–Trinajstić information content (AvgIpc) is 2.77. The molecule has 2 aromatic rings. The molecule has 4 nitrogen and oxygen atoms in total. The number of amides is 2. The van der Waals surface area contributed by atoms with Crippen molar-refractivity contribution in [3.8, 4) is 0 Å². The zero-order valence-corrected chi connectivity index (χ0v) is 12.2. The molecule has 0 atom stereocenters. The van der Waals surface area contributed by atoms with Crippen LogP contribution in [0.5, 0.6) is 0 Å². The fourth-order valence-electron chi connectivity index (χ4n) is 1.43. The molecule has 1 aromatic carbocycles. The van der Waals surface area contributed by atoms with Gasteiger partial charge in [0.05, 0.1) is 5.69 Å². The van der Waals surface area contributed by atoms with Crippen LogP contribution in [0.2, 0.25) is 5.02 Å². The van der Waals surface area contributed by atoms with E-state index in [9.17, 15) is 4.79 Å². The van der Waals surface area contributed by atoms with Gasteiger partial charge in [0, 0.05) is 16.1 Å². The number of hydrogen-bond acceptors (Lipinski definition) is 3. The lowest BCUT2D eigenvalue weighted by Gasteiger charge is -2.05. The molecule has 1 aromatic heterocycles. The van der Waals surface area contributed by atoms with Gasteiger partial charge in [-0.15, -0.1) is 11.3 Å². The molecule has 0 saturated carbocycles. The number of nitrogens with one attached hydrogen (secondary N) is 2. The van der Waals surface area contributed by atoms with Crippen LogP contribution < -0.4 is 10.6 Å². The Hall–Kier alpha value is -1.59. The number of carbonyl (C=O) groups is 1. The fourth-order valence-corrected chi connectivity index (χ4v) is 2.49. The molecule has 0 saturated heterocycles. The van der Waals surface area contributed by atoms with E-state index in [1.54, 1.807) is 24.3 Å². The maximum Gasteiger partial charge on any atom is 0.325 e. The van der Waals surface area contributed by atoms with Gasteiger partial charge in [0.2, 0.25) is 0 Å². The summed E-state index contributed by atoms with van der Waals surface area (Å²) in [6.07, 6.45) is 0. The van der Waals surface area contributed by atoms with Gasteiger partial charge in [0.15, 0.2) is 5.13 Å². The maximum absolute atomic E-state index is 11.8. The second-order valence-electron chi connectivity index (χ2n) is 4.32. The van der Waals surface area contributed by atoms with Gasteiger partial charge >= 0.3 is 6.03 Å². The number of thiazole rings is 1. The lowest BCUT2D eigenvalue weighted by atomic mass is 10.2. The van der Waals surface area contributed by atoms with E-state index in [1.165, 1.54) is 11.3 Å². The van der Waals surface area contributed by atoms with Crippen molar-refractivity contribution in [2.24, 2.45) is 0 Å². The number of hydrogen-bond donors (Lipinski definition) is 2. The van der Waals surface area contributed by atoms with E-state index in [-0.39, 0.29) is 6.03 Å². The molecule has 2 rings (SSSR count). The van der Waals surface area contributed by atoms with Gasteiger partial charge in [-0.1, -0.05) is 31.5 Å². The van der Waals surface area contributed by atoms with E-state index < -0.39 is 0 Å². The zero-order valence-electron chi connectivity index (χ0n) is 10.6. The molecular formula is C13H14ClN3OS. The first-order valence-corrected chi connectivity index (χ1v) is 7.09. The van der Waals surface area contributed by atoms with Crippen LogP contribution in [0.15, 0.2) is 29.6 Å². The second kappa shape index (κ2) is 6.04. The Kier molecular flexibility index (Phi) is 4.39. The van der Waals surface area contributed by atoms with E-state index >= 15 is 0 Å². The molecule has 0 aliphatic heterocycles. The van der Waals surface area contributed by atoms with Gasteiger partial charge in [0.25, 0.3) is 0 Å². The topological polar surface area (TPSA) is 54.0 Å². The Bertz CT molecular complexity index is 583. The molecule has 0 aliphatic carbocycles. The van der Waals surface area contributed by atoms with E-state index in [0.717, 1.165) is 5.69 Å². The Morgan fingerprint density at radius 1 is 1.37 bits per heavy atom. The third-order valence-electron chi connectivity index (χ3n) is 2.42. The smallest absolute Gasteiger partial charge is 0.308 e. The number of urea groups is 1. The van der Waals surface area contributed by atoms with Crippen LogP contribution in [0.3, 0.4) is 0 Å². The summed E-state index contributed by atoms with van der Waals surface area (Å²) in [6, 6.07) is 6.65. The minimum absolute atomic E-state index is 0.327. The van der Waals surface area contributed by atoms with Crippen molar-refractivity contribution in [2.45, 2.75) is 19.8 Å². The van der Waals surface area contributed by atoms with Crippen LogP contribution in [0.4, 0.5) is 15.6 Å². The number of aromatic nitrogens is 1. The predicted molar refractivity (Wildman–Crippen MR) is 80.3 cm³/mol. The molecule has 2 N–H and O–H groups in total. The Morgan fingerprint density at radius 2 is 2.16 bits per heavy atom. The minimum Gasteiger partial charge on any atom is -0.308 e. The predicted octanol–water partition coefficient (Wildman–Crippen LogP) is 4.56. The number of halogens is 1. The summed E-state index contributed by atoms with van der Waals surface area (Å²) in [7, 11) is 0. The van der Waals surface area contributed by atoms with Gasteiger partial charge in [-0.05, 0) is 24.1 Å². The maximum atomic E-state index is 11.8. The van der Waals surface area contributed by atoms with E-state index in [2.05, 4.69) is 29.5 Å². The molecular weight excluding hydrogens is 282 g/mol. The van der Waals surface area contributed by atoms with Crippen LogP contribution in [0, 0.1) is 0 Å². The summed E-state index contributed by atoms with van der Waals surface area (Å²) in [5, 5.41) is 8.51. The molecule has 1 heterocycles. The highest BCUT2D eigenvalue weighted by Crippen LogP contribution is 2.21. The molecule has 100 valence electrons. The number of nitrogens with zero attached hydrogens (tertiary/aromatic N) is 1. The lowest BCUT2D eigenvalue weighted by molar-refractivity contribution is 0.262. The third-order valence-corrected chi connectivity index (χ3v) is 3.43. The Labute approximate surface area is 120 Å². The van der Waals surface area contributed by atoms with Crippen molar-refractivity contribution in [1.82, 2.24) is 4.98 Å². The minimum atomic E-state index is -0.327. The van der Waals surface area contributed by atoms with Crippen LogP contribution >= 0.6 is 22.9 Å². The molecule has 0 bridgehead atoms. The SMILES string of the molecule is CC(C)c1csc(NC(=O)Nc2cccc(Cl)c2)n1. The van der Waals surface area contributed by atoms with Gasteiger partial charge in [-0.25, -0.2) is 9.78 Å². The Morgan fingerprint density at radius 3 is 2.79 bits per heavy atom. The molecule has 0 fully saturated rings. The van der Waals surface area contributed by atoms with Crippen LogP contribution in [-0.2, 0) is 0 Å². The summed E-state index contributed by atoms with van der Waals surface area (Å²) in [5.41, 5.74) is 1.62. The molecule has 2 amide bonds. The quantitative estimate of drug-likeness (QED) is 0.872. The number of carbonyl (C=O) groups excluding carboxylic acids is 1. The first-order chi connectivity index (χ1) is 9.04. The van der Waals surface area contributed by atoms with Gasteiger partial charge in [-0.2, -0.15) is 0 Å². The highest BCUT2D eigenvalue weighted by molar-refractivity contribution is 7.13. The van der Waals surface area contributed by atoms with Gasteiger partial charge < -0.3 is 5.32 Å². The van der Waals surface area contributed by atoms with Crippen molar-refractivity contribution >= 4 is 39.8 Å². The summed E-state index contributed by atoms with van der Waals surface area (Å²) in [5.74, 6) is 0.350. The molecule has 0 unspecified atom stereocenters. The van der Waals surface area contributed by atoms with E-state index in [0.29, 0.717) is 21.8 Å². The van der Waals surface area contributed by atoms with Crippen LogP contribution in [0.1, 0.15) is 25.5 Å². The van der Waals surface area contributed by atoms with E-state index in [4.69, 9.17) is 11.6 Å². The van der Waals surface area contributed by atoms with Gasteiger partial charge in [0.1, 0.15) is 0 Å². The molecule has 19 heavy (non-hydrogen) atoms. The standard InChI is InChI=1S/C13H14ClN3OS/c1-8(2)11-7-19-13(16-11)17-12(18)15-10-5-3-4-9(14)6-10/h3-8H,1-2H3,(H2,15,16,17,18). The van der Waals surface area contributed by atoms with Crippen molar-refractivity contribution in [3.05, 3.63) is 40.4 Å². The molecule has 0 aliphatic rings. The monoisotopic (exact) mass is 295 g/mol. The molecule has 0 radical (unpaired) electrons. The van der Waals surface area contributed by atoms with E-state index in [1.807, 2.05) is 5.38 Å². The van der Waals surface area contributed by atoms with Crippen molar-refractivity contribution in [1.29, 1.82) is 0 Å². The van der Waals surface area contributed by atoms with Crippen molar-refractivity contribution in [3.63, 3.8) is 0 Å². The average molecular weight is 296 g/mol. The highest BCUT2D eigenvalue weighted by Gasteiger charge is 2.08. The zero-order chi connectivity index (χ0) is 13.8. The number of anilines is 2. The van der Waals surface area contributed by atoms with Crippen molar-refractivity contribution in [2.75, 3.05) is 10.6 Å². The summed E-state index contributed by atoms with van der Waals surface area (Å²) < 4.78 is 0. The normalized spacial score (nSPS) is 10.5. The summed E-state index contributed by atoms with van der Waals surface area (Å²) in [4.78, 5) is 16.1.